The van der Waals surface area contributed by atoms with Crippen molar-refractivity contribution in [2.75, 3.05) is 0 Å². The molecule has 2 atom stereocenters. The molecule has 0 bridgehead atoms. The van der Waals surface area contributed by atoms with Crippen LogP contribution >= 0.6 is 0 Å². The third-order valence-corrected chi connectivity index (χ3v) is 4.50. The summed E-state index contributed by atoms with van der Waals surface area (Å²) in [7, 11) is 0. The largest absolute Gasteiger partial charge is 0.481 e. The molecule has 2 rings (SSSR count). The van der Waals surface area contributed by atoms with Gasteiger partial charge in [-0.2, -0.15) is 0 Å². The fourth-order valence-corrected chi connectivity index (χ4v) is 3.30. The second-order valence-corrected chi connectivity index (χ2v) is 5.72. The summed E-state index contributed by atoms with van der Waals surface area (Å²) in [5.41, 5.74) is -0.318. The lowest BCUT2D eigenvalue weighted by Crippen LogP contribution is -2.47. The lowest BCUT2D eigenvalue weighted by Gasteiger charge is -2.46. The van der Waals surface area contributed by atoms with E-state index in [1.165, 1.54) is 19.3 Å². The summed E-state index contributed by atoms with van der Waals surface area (Å²) in [5.74, 6) is -0.0661. The predicted molar refractivity (Wildman–Crippen MR) is 66.0 cm³/mol. The molecule has 2 aliphatic rings. The lowest BCUT2D eigenvalue weighted by atomic mass is 9.76. The molecule has 1 N–H and O–H groups in total. The van der Waals surface area contributed by atoms with Crippen LogP contribution in [-0.4, -0.2) is 22.8 Å². The Balaban J connectivity index is 1.94. The first-order valence-corrected chi connectivity index (χ1v) is 7.05. The van der Waals surface area contributed by atoms with E-state index < -0.39 is 5.97 Å². The molecule has 0 aliphatic heterocycles. The minimum atomic E-state index is -0.714. The zero-order chi connectivity index (χ0) is 12.3. The topological polar surface area (TPSA) is 46.5 Å². The Bertz CT molecular complexity index is 271. The molecule has 0 heterocycles. The number of carbonyl (C=O) groups is 1. The van der Waals surface area contributed by atoms with Crippen molar-refractivity contribution in [1.29, 1.82) is 0 Å². The molecule has 98 valence electrons. The molecule has 0 radical (unpaired) electrons. The van der Waals surface area contributed by atoms with Crippen molar-refractivity contribution in [3.05, 3.63) is 0 Å². The third kappa shape index (κ3) is 3.01. The molecule has 0 aromatic heterocycles. The van der Waals surface area contributed by atoms with Gasteiger partial charge in [0.1, 0.15) is 0 Å². The van der Waals surface area contributed by atoms with Crippen molar-refractivity contribution in [2.24, 2.45) is 5.92 Å². The Morgan fingerprint density at radius 3 is 2.53 bits per heavy atom. The molecule has 0 aromatic carbocycles. The van der Waals surface area contributed by atoms with E-state index >= 15 is 0 Å². The molecular weight excluding hydrogens is 216 g/mol. The van der Waals surface area contributed by atoms with E-state index in [2.05, 4.69) is 6.92 Å². The van der Waals surface area contributed by atoms with E-state index in [-0.39, 0.29) is 12.0 Å². The Hall–Kier alpha value is -0.570. The van der Waals surface area contributed by atoms with Gasteiger partial charge < -0.3 is 9.84 Å². The highest BCUT2D eigenvalue weighted by Gasteiger charge is 2.43. The SMILES string of the molecule is CCC1CCCCC1OC1(CC(=O)O)CCC1. The van der Waals surface area contributed by atoms with Gasteiger partial charge >= 0.3 is 5.97 Å². The Morgan fingerprint density at radius 1 is 1.29 bits per heavy atom. The number of hydrogen-bond donors (Lipinski definition) is 1. The van der Waals surface area contributed by atoms with Crippen molar-refractivity contribution in [1.82, 2.24) is 0 Å². The molecule has 0 spiro atoms. The summed E-state index contributed by atoms with van der Waals surface area (Å²) < 4.78 is 6.25. The van der Waals surface area contributed by atoms with Crippen LogP contribution in [-0.2, 0) is 9.53 Å². The summed E-state index contributed by atoms with van der Waals surface area (Å²) in [6, 6.07) is 0. The first-order chi connectivity index (χ1) is 8.15. The van der Waals surface area contributed by atoms with Gasteiger partial charge in [-0.05, 0) is 38.0 Å². The molecule has 0 amide bonds. The number of hydrogen-bond acceptors (Lipinski definition) is 2. The monoisotopic (exact) mass is 240 g/mol. The molecule has 3 nitrogen and oxygen atoms in total. The predicted octanol–water partition coefficient (Wildman–Crippen LogP) is 3.37. The van der Waals surface area contributed by atoms with Crippen LogP contribution in [0.4, 0.5) is 0 Å². The average Bonchev–Trinajstić information content (AvgIpc) is 2.26. The van der Waals surface area contributed by atoms with E-state index in [1.807, 2.05) is 0 Å². The van der Waals surface area contributed by atoms with Gasteiger partial charge in [0.15, 0.2) is 0 Å². The van der Waals surface area contributed by atoms with Crippen LogP contribution in [0, 0.1) is 5.92 Å². The van der Waals surface area contributed by atoms with Gasteiger partial charge in [-0.3, -0.25) is 4.79 Å². The highest BCUT2D eigenvalue weighted by atomic mass is 16.5. The van der Waals surface area contributed by atoms with E-state index in [0.717, 1.165) is 32.1 Å². The fourth-order valence-electron chi connectivity index (χ4n) is 3.30. The molecule has 2 aliphatic carbocycles. The van der Waals surface area contributed by atoms with Crippen molar-refractivity contribution < 1.29 is 14.6 Å². The zero-order valence-corrected chi connectivity index (χ0v) is 10.8. The summed E-state index contributed by atoms with van der Waals surface area (Å²) in [5, 5.41) is 8.99. The van der Waals surface area contributed by atoms with Gasteiger partial charge in [-0.25, -0.2) is 0 Å². The van der Waals surface area contributed by atoms with Crippen molar-refractivity contribution in [3.8, 4) is 0 Å². The smallest absolute Gasteiger partial charge is 0.306 e. The molecule has 17 heavy (non-hydrogen) atoms. The third-order valence-electron chi connectivity index (χ3n) is 4.50. The quantitative estimate of drug-likeness (QED) is 0.801. The van der Waals surface area contributed by atoms with Crippen LogP contribution in [0.25, 0.3) is 0 Å². The average molecular weight is 240 g/mol. The van der Waals surface area contributed by atoms with E-state index in [0.29, 0.717) is 12.0 Å². The maximum Gasteiger partial charge on any atom is 0.306 e. The van der Waals surface area contributed by atoms with Crippen molar-refractivity contribution >= 4 is 5.97 Å². The maximum atomic E-state index is 10.9. The molecule has 2 fully saturated rings. The van der Waals surface area contributed by atoms with Gasteiger partial charge in [-0.15, -0.1) is 0 Å². The maximum absolute atomic E-state index is 10.9. The van der Waals surface area contributed by atoms with Crippen LogP contribution < -0.4 is 0 Å². The second kappa shape index (κ2) is 5.38. The van der Waals surface area contributed by atoms with Crippen molar-refractivity contribution in [2.45, 2.75) is 76.4 Å². The number of ether oxygens (including phenoxy) is 1. The van der Waals surface area contributed by atoms with Gasteiger partial charge in [0.25, 0.3) is 0 Å². The Labute approximate surface area is 104 Å². The normalized spacial score (nSPS) is 31.8. The summed E-state index contributed by atoms with van der Waals surface area (Å²) >= 11 is 0. The van der Waals surface area contributed by atoms with Gasteiger partial charge in [0.2, 0.25) is 0 Å². The minimum Gasteiger partial charge on any atom is -0.481 e. The van der Waals surface area contributed by atoms with Crippen LogP contribution in [0.1, 0.15) is 64.7 Å². The Morgan fingerprint density at radius 2 is 2.00 bits per heavy atom. The zero-order valence-electron chi connectivity index (χ0n) is 10.8. The van der Waals surface area contributed by atoms with Crippen molar-refractivity contribution in [3.63, 3.8) is 0 Å². The summed E-state index contributed by atoms with van der Waals surface area (Å²) in [6.07, 6.45) is 9.59. The first kappa shape index (κ1) is 12.9. The van der Waals surface area contributed by atoms with Crippen LogP contribution in [0.15, 0.2) is 0 Å². The number of carboxylic acid groups (broad SMARTS) is 1. The molecular formula is C14H24O3. The van der Waals surface area contributed by atoms with Crippen LogP contribution in [0.2, 0.25) is 0 Å². The molecule has 3 heteroatoms. The highest BCUT2D eigenvalue weighted by molar-refractivity contribution is 5.68. The number of aliphatic carboxylic acids is 1. The summed E-state index contributed by atoms with van der Waals surface area (Å²) in [6.45, 7) is 2.22. The van der Waals surface area contributed by atoms with E-state index in [9.17, 15) is 4.79 Å². The van der Waals surface area contributed by atoms with Gasteiger partial charge in [0, 0.05) is 0 Å². The second-order valence-electron chi connectivity index (χ2n) is 5.72. The Kier molecular flexibility index (Phi) is 4.08. The van der Waals surface area contributed by atoms with Gasteiger partial charge in [-0.1, -0.05) is 26.2 Å². The summed E-state index contributed by atoms with van der Waals surface area (Å²) in [4.78, 5) is 10.9. The minimum absolute atomic E-state index is 0.194. The standard InChI is InChI=1S/C14H24O3/c1-2-11-6-3-4-7-12(11)17-14(8-5-9-14)10-13(15)16/h11-12H,2-10H2,1H3,(H,15,16). The molecule has 2 unspecified atom stereocenters. The fraction of sp³-hybridized carbons (Fsp3) is 0.929. The van der Waals surface area contributed by atoms with Crippen LogP contribution in [0.5, 0.6) is 0 Å². The molecule has 0 aromatic rings. The van der Waals surface area contributed by atoms with Gasteiger partial charge in [0.05, 0.1) is 18.1 Å². The van der Waals surface area contributed by atoms with Crippen LogP contribution in [0.3, 0.4) is 0 Å². The molecule has 0 saturated heterocycles. The van der Waals surface area contributed by atoms with E-state index in [1.54, 1.807) is 0 Å². The molecule has 2 saturated carbocycles. The first-order valence-electron chi connectivity index (χ1n) is 7.05. The lowest BCUT2D eigenvalue weighted by molar-refractivity contribution is -0.179. The van der Waals surface area contributed by atoms with E-state index in [4.69, 9.17) is 9.84 Å². The number of rotatable bonds is 5. The number of carboxylic acids is 1. The highest BCUT2D eigenvalue weighted by Crippen LogP contribution is 2.43.